The Morgan fingerprint density at radius 2 is 2.10 bits per heavy atom. The smallest absolute Gasteiger partial charge is 0.224 e. The zero-order chi connectivity index (χ0) is 13.5. The van der Waals surface area contributed by atoms with Crippen molar-refractivity contribution in [3.63, 3.8) is 0 Å². The van der Waals surface area contributed by atoms with Crippen LogP contribution in [0.2, 0.25) is 0 Å². The topological polar surface area (TPSA) is 41.6 Å². The first kappa shape index (κ1) is 17.7. The van der Waals surface area contributed by atoms with Gasteiger partial charge in [-0.1, -0.05) is 6.92 Å². The van der Waals surface area contributed by atoms with Crippen LogP contribution >= 0.6 is 12.4 Å². The minimum Gasteiger partial charge on any atom is -0.378 e. The maximum absolute atomic E-state index is 12.3. The summed E-state index contributed by atoms with van der Waals surface area (Å²) in [5, 5.41) is 3.41. The van der Waals surface area contributed by atoms with Gasteiger partial charge >= 0.3 is 0 Å². The van der Waals surface area contributed by atoms with Gasteiger partial charge in [0, 0.05) is 32.2 Å². The highest BCUT2D eigenvalue weighted by Crippen LogP contribution is 2.17. The molecule has 2 rings (SSSR count). The Morgan fingerprint density at radius 1 is 1.25 bits per heavy atom. The standard InChI is InChI=1S/C15H28N2O2.ClH/c1-2-11-19-14-6-4-9-17(10-7-14)15(18)12-13-5-3-8-16-13;/h13-14,16H,2-12H2,1H3;1H. The van der Waals surface area contributed by atoms with Crippen LogP contribution in [0.25, 0.3) is 0 Å². The molecular formula is C15H29ClN2O2. The van der Waals surface area contributed by atoms with Crippen LogP contribution in [-0.2, 0) is 9.53 Å². The molecule has 2 heterocycles. The van der Waals surface area contributed by atoms with Gasteiger partial charge in [-0.25, -0.2) is 0 Å². The first-order valence-electron chi connectivity index (χ1n) is 7.92. The van der Waals surface area contributed by atoms with E-state index in [0.717, 1.165) is 58.3 Å². The van der Waals surface area contributed by atoms with E-state index in [1.807, 2.05) is 0 Å². The third-order valence-corrected chi connectivity index (χ3v) is 4.17. The van der Waals surface area contributed by atoms with E-state index < -0.39 is 0 Å². The zero-order valence-corrected chi connectivity index (χ0v) is 13.4. The number of carbonyl (C=O) groups is 1. The van der Waals surface area contributed by atoms with Crippen molar-refractivity contribution in [1.82, 2.24) is 10.2 Å². The van der Waals surface area contributed by atoms with Gasteiger partial charge < -0.3 is 15.0 Å². The van der Waals surface area contributed by atoms with Crippen LogP contribution in [-0.4, -0.2) is 49.2 Å². The van der Waals surface area contributed by atoms with E-state index >= 15 is 0 Å². The van der Waals surface area contributed by atoms with Gasteiger partial charge in [0.1, 0.15) is 0 Å². The molecule has 2 aliphatic heterocycles. The molecule has 1 N–H and O–H groups in total. The zero-order valence-electron chi connectivity index (χ0n) is 12.6. The van der Waals surface area contributed by atoms with Gasteiger partial charge in [0.05, 0.1) is 6.10 Å². The molecule has 4 nitrogen and oxygen atoms in total. The number of amides is 1. The minimum absolute atomic E-state index is 0. The summed E-state index contributed by atoms with van der Waals surface area (Å²) in [7, 11) is 0. The molecule has 2 aliphatic rings. The van der Waals surface area contributed by atoms with Crippen LogP contribution in [0.4, 0.5) is 0 Å². The fraction of sp³-hybridized carbons (Fsp3) is 0.933. The molecule has 2 unspecified atom stereocenters. The van der Waals surface area contributed by atoms with Crippen molar-refractivity contribution in [3.05, 3.63) is 0 Å². The average Bonchev–Trinajstić information content (AvgIpc) is 2.80. The molecule has 0 aliphatic carbocycles. The molecule has 118 valence electrons. The Labute approximate surface area is 129 Å². The van der Waals surface area contributed by atoms with Crippen molar-refractivity contribution < 1.29 is 9.53 Å². The van der Waals surface area contributed by atoms with E-state index in [1.54, 1.807) is 0 Å². The van der Waals surface area contributed by atoms with Crippen molar-refractivity contribution in [2.75, 3.05) is 26.2 Å². The van der Waals surface area contributed by atoms with Gasteiger partial charge in [-0.2, -0.15) is 0 Å². The number of nitrogens with zero attached hydrogens (tertiary/aromatic N) is 1. The van der Waals surface area contributed by atoms with Crippen molar-refractivity contribution in [1.29, 1.82) is 0 Å². The first-order chi connectivity index (χ1) is 9.29. The van der Waals surface area contributed by atoms with Gasteiger partial charge in [-0.15, -0.1) is 12.4 Å². The lowest BCUT2D eigenvalue weighted by atomic mass is 10.1. The fourth-order valence-corrected chi connectivity index (χ4v) is 3.04. The second-order valence-electron chi connectivity index (χ2n) is 5.80. The van der Waals surface area contributed by atoms with Gasteiger partial charge in [0.25, 0.3) is 0 Å². The van der Waals surface area contributed by atoms with E-state index in [0.29, 0.717) is 24.5 Å². The van der Waals surface area contributed by atoms with E-state index in [4.69, 9.17) is 4.74 Å². The summed E-state index contributed by atoms with van der Waals surface area (Å²) in [5.41, 5.74) is 0. The van der Waals surface area contributed by atoms with E-state index in [9.17, 15) is 4.79 Å². The van der Waals surface area contributed by atoms with Gasteiger partial charge in [-0.3, -0.25) is 4.79 Å². The molecule has 1 amide bonds. The highest BCUT2D eigenvalue weighted by molar-refractivity contribution is 5.85. The molecule has 0 saturated carbocycles. The van der Waals surface area contributed by atoms with Gasteiger partial charge in [-0.05, 0) is 45.1 Å². The lowest BCUT2D eigenvalue weighted by Crippen LogP contribution is -2.36. The molecular weight excluding hydrogens is 276 g/mol. The summed E-state index contributed by atoms with van der Waals surface area (Å²) in [6.45, 7) is 5.86. The predicted octanol–water partition coefficient (Wildman–Crippen LogP) is 2.36. The summed E-state index contributed by atoms with van der Waals surface area (Å²) in [5.74, 6) is 0.329. The number of nitrogens with one attached hydrogen (secondary N) is 1. The normalized spacial score (nSPS) is 26.9. The van der Waals surface area contributed by atoms with Gasteiger partial charge in [0.15, 0.2) is 0 Å². The highest BCUT2D eigenvalue weighted by atomic mass is 35.5. The summed E-state index contributed by atoms with van der Waals surface area (Å²) in [6.07, 6.45) is 7.68. The van der Waals surface area contributed by atoms with E-state index in [2.05, 4.69) is 17.1 Å². The van der Waals surface area contributed by atoms with Crippen LogP contribution in [0.1, 0.15) is 51.9 Å². The summed E-state index contributed by atoms with van der Waals surface area (Å²) in [6, 6.07) is 0.419. The van der Waals surface area contributed by atoms with Crippen molar-refractivity contribution in [2.45, 2.75) is 64.0 Å². The average molecular weight is 305 g/mol. The molecule has 5 heteroatoms. The number of hydrogen-bond donors (Lipinski definition) is 1. The van der Waals surface area contributed by atoms with Crippen LogP contribution < -0.4 is 5.32 Å². The molecule has 0 aromatic heterocycles. The molecule has 2 fully saturated rings. The summed E-state index contributed by atoms with van der Waals surface area (Å²) >= 11 is 0. The van der Waals surface area contributed by atoms with Crippen molar-refractivity contribution in [2.24, 2.45) is 0 Å². The monoisotopic (exact) mass is 304 g/mol. The third-order valence-electron chi connectivity index (χ3n) is 4.17. The maximum Gasteiger partial charge on any atom is 0.224 e. The molecule has 0 bridgehead atoms. The fourth-order valence-electron chi connectivity index (χ4n) is 3.04. The van der Waals surface area contributed by atoms with Crippen LogP contribution in [0.3, 0.4) is 0 Å². The lowest BCUT2D eigenvalue weighted by molar-refractivity contribution is -0.131. The predicted molar refractivity (Wildman–Crippen MR) is 83.4 cm³/mol. The number of hydrogen-bond acceptors (Lipinski definition) is 3. The Balaban J connectivity index is 0.00000200. The summed E-state index contributed by atoms with van der Waals surface area (Å²) < 4.78 is 5.82. The molecule has 0 radical (unpaired) electrons. The molecule has 2 saturated heterocycles. The lowest BCUT2D eigenvalue weighted by Gasteiger charge is -2.22. The minimum atomic E-state index is 0. The second-order valence-corrected chi connectivity index (χ2v) is 5.80. The summed E-state index contributed by atoms with van der Waals surface area (Å²) in [4.78, 5) is 14.3. The quantitative estimate of drug-likeness (QED) is 0.848. The molecule has 2 atom stereocenters. The number of rotatable bonds is 5. The SMILES string of the molecule is CCCOC1CCCN(C(=O)CC2CCCN2)CC1.Cl. The number of carbonyl (C=O) groups excluding carboxylic acids is 1. The van der Waals surface area contributed by atoms with Crippen LogP contribution in [0.15, 0.2) is 0 Å². The Bertz CT molecular complexity index is 283. The van der Waals surface area contributed by atoms with E-state index in [-0.39, 0.29) is 12.4 Å². The molecule has 0 spiro atoms. The first-order valence-corrected chi connectivity index (χ1v) is 7.92. The number of halogens is 1. The van der Waals surface area contributed by atoms with Gasteiger partial charge in [0.2, 0.25) is 5.91 Å². The Hall–Kier alpha value is -0.320. The Morgan fingerprint density at radius 3 is 2.80 bits per heavy atom. The van der Waals surface area contributed by atoms with E-state index in [1.165, 1.54) is 6.42 Å². The molecule has 0 aromatic carbocycles. The van der Waals surface area contributed by atoms with Crippen molar-refractivity contribution in [3.8, 4) is 0 Å². The highest BCUT2D eigenvalue weighted by Gasteiger charge is 2.24. The molecule has 0 aromatic rings. The number of likely N-dealkylation sites (tertiary alicyclic amines) is 1. The number of ether oxygens (including phenoxy) is 1. The Kier molecular flexibility index (Phi) is 8.50. The second kappa shape index (κ2) is 9.59. The van der Waals surface area contributed by atoms with Crippen LogP contribution in [0.5, 0.6) is 0 Å². The maximum atomic E-state index is 12.3. The molecule has 20 heavy (non-hydrogen) atoms. The van der Waals surface area contributed by atoms with Crippen molar-refractivity contribution >= 4 is 18.3 Å². The largest absolute Gasteiger partial charge is 0.378 e. The third kappa shape index (κ3) is 5.58. The van der Waals surface area contributed by atoms with Crippen LogP contribution in [0, 0.1) is 0 Å².